The summed E-state index contributed by atoms with van der Waals surface area (Å²) in [6, 6.07) is 4.63. The van der Waals surface area contributed by atoms with E-state index in [4.69, 9.17) is 15.0 Å². The molecule has 1 unspecified atom stereocenters. The number of hydrogen-bond acceptors (Lipinski definition) is 3. The first-order valence-electron chi connectivity index (χ1n) is 3.83. The van der Waals surface area contributed by atoms with E-state index in [1.807, 2.05) is 0 Å². The van der Waals surface area contributed by atoms with E-state index in [1.165, 1.54) is 20.3 Å². The minimum Gasteiger partial charge on any atom is -0.493 e. The molecule has 0 aromatic heterocycles. The molecule has 0 aliphatic heterocycles. The SMILES string of the molecule is COc1cccc(P(N)(=O)O)c1OC. The zero-order valence-electron chi connectivity index (χ0n) is 7.93. The van der Waals surface area contributed by atoms with E-state index in [0.717, 1.165) is 0 Å². The summed E-state index contributed by atoms with van der Waals surface area (Å²) < 4.78 is 21.2. The van der Waals surface area contributed by atoms with Crippen molar-refractivity contribution in [3.05, 3.63) is 18.2 Å². The summed E-state index contributed by atoms with van der Waals surface area (Å²) in [5.74, 6) is 0.577. The number of methoxy groups -OCH3 is 2. The van der Waals surface area contributed by atoms with E-state index in [2.05, 4.69) is 0 Å². The van der Waals surface area contributed by atoms with Crippen LogP contribution in [0.5, 0.6) is 11.5 Å². The van der Waals surface area contributed by atoms with Crippen LogP contribution in [0.4, 0.5) is 0 Å². The number of benzene rings is 1. The third-order valence-electron chi connectivity index (χ3n) is 1.73. The molecule has 0 spiro atoms. The fraction of sp³-hybridized carbons (Fsp3) is 0.250. The lowest BCUT2D eigenvalue weighted by molar-refractivity contribution is 0.356. The molecule has 1 atom stereocenters. The Hall–Kier alpha value is -1.03. The van der Waals surface area contributed by atoms with Gasteiger partial charge in [-0.15, -0.1) is 0 Å². The normalized spacial score (nSPS) is 14.6. The summed E-state index contributed by atoms with van der Waals surface area (Å²) in [7, 11) is -0.987. The molecule has 1 aromatic carbocycles. The van der Waals surface area contributed by atoms with Crippen molar-refractivity contribution in [3.8, 4) is 11.5 Å². The Morgan fingerprint density at radius 1 is 1.36 bits per heavy atom. The third kappa shape index (κ3) is 2.07. The average Bonchev–Trinajstić information content (AvgIpc) is 2.15. The third-order valence-corrected chi connectivity index (χ3v) is 2.77. The van der Waals surface area contributed by atoms with Gasteiger partial charge in [0.1, 0.15) is 0 Å². The van der Waals surface area contributed by atoms with Gasteiger partial charge in [-0.05, 0) is 12.1 Å². The number of para-hydroxylation sites is 1. The summed E-state index contributed by atoms with van der Waals surface area (Å²) >= 11 is 0. The van der Waals surface area contributed by atoms with E-state index < -0.39 is 7.52 Å². The monoisotopic (exact) mass is 217 g/mol. The summed E-state index contributed by atoms with van der Waals surface area (Å²) in [4.78, 5) is 9.22. The fourth-order valence-electron chi connectivity index (χ4n) is 1.12. The van der Waals surface area contributed by atoms with Crippen LogP contribution < -0.4 is 20.3 Å². The highest BCUT2D eigenvalue weighted by Crippen LogP contribution is 2.37. The van der Waals surface area contributed by atoms with Gasteiger partial charge in [0.15, 0.2) is 11.5 Å². The molecule has 5 nitrogen and oxygen atoms in total. The lowest BCUT2D eigenvalue weighted by atomic mass is 10.3. The standard InChI is InChI=1S/C8H12NO4P/c1-12-6-4-3-5-7(8(6)13-2)14(9,10)11/h3-5H,1-2H3,(H3,9,10,11). The molecule has 0 aliphatic rings. The van der Waals surface area contributed by atoms with Crippen molar-refractivity contribution in [1.82, 2.24) is 0 Å². The lowest BCUT2D eigenvalue weighted by Gasteiger charge is -2.13. The van der Waals surface area contributed by atoms with E-state index in [0.29, 0.717) is 5.75 Å². The highest BCUT2D eigenvalue weighted by Gasteiger charge is 2.22. The molecule has 6 heteroatoms. The second-order valence-electron chi connectivity index (χ2n) is 2.64. The number of rotatable bonds is 3. The van der Waals surface area contributed by atoms with Crippen LogP contribution >= 0.6 is 7.52 Å². The van der Waals surface area contributed by atoms with Gasteiger partial charge in [0.05, 0.1) is 19.5 Å². The minimum absolute atomic E-state index is 0.0550. The molecular weight excluding hydrogens is 205 g/mol. The van der Waals surface area contributed by atoms with Crippen molar-refractivity contribution < 1.29 is 18.9 Å². The van der Waals surface area contributed by atoms with Crippen molar-refractivity contribution >= 4 is 12.8 Å². The van der Waals surface area contributed by atoms with Gasteiger partial charge in [-0.25, -0.2) is 0 Å². The molecule has 0 bridgehead atoms. The van der Waals surface area contributed by atoms with Crippen molar-refractivity contribution in [2.24, 2.45) is 5.50 Å². The molecule has 3 N–H and O–H groups in total. The second kappa shape index (κ2) is 4.00. The maximum Gasteiger partial charge on any atom is 0.298 e. The van der Waals surface area contributed by atoms with Crippen LogP contribution in [0.2, 0.25) is 0 Å². The van der Waals surface area contributed by atoms with Crippen molar-refractivity contribution in [2.45, 2.75) is 0 Å². The molecule has 14 heavy (non-hydrogen) atoms. The fourth-order valence-corrected chi connectivity index (χ4v) is 1.91. The maximum atomic E-state index is 11.3. The molecule has 0 amide bonds. The summed E-state index contributed by atoms with van der Waals surface area (Å²) in [5, 5.41) is 0.0550. The average molecular weight is 217 g/mol. The number of nitrogens with two attached hydrogens (primary N) is 1. The molecule has 0 radical (unpaired) electrons. The topological polar surface area (TPSA) is 81.8 Å². The van der Waals surface area contributed by atoms with Crippen LogP contribution in [0, 0.1) is 0 Å². The first-order chi connectivity index (χ1) is 6.50. The molecule has 0 saturated carbocycles. The molecule has 0 saturated heterocycles. The zero-order chi connectivity index (χ0) is 10.8. The van der Waals surface area contributed by atoms with Gasteiger partial charge in [-0.1, -0.05) is 6.07 Å². The van der Waals surface area contributed by atoms with E-state index in [1.54, 1.807) is 12.1 Å². The Morgan fingerprint density at radius 2 is 2.00 bits per heavy atom. The molecule has 1 aromatic rings. The Balaban J connectivity index is 3.37. The molecular formula is C8H12NO4P. The maximum absolute atomic E-state index is 11.3. The second-order valence-corrected chi connectivity index (χ2v) is 4.36. The van der Waals surface area contributed by atoms with Crippen molar-refractivity contribution in [3.63, 3.8) is 0 Å². The van der Waals surface area contributed by atoms with E-state index >= 15 is 0 Å². The molecule has 0 heterocycles. The number of hydrogen-bond donors (Lipinski definition) is 2. The number of ether oxygens (including phenoxy) is 2. The van der Waals surface area contributed by atoms with Gasteiger partial charge in [0, 0.05) is 0 Å². The highest BCUT2D eigenvalue weighted by molar-refractivity contribution is 7.63. The zero-order valence-corrected chi connectivity index (χ0v) is 8.82. The van der Waals surface area contributed by atoms with Gasteiger partial charge in [0.2, 0.25) is 0 Å². The Kier molecular flexibility index (Phi) is 3.16. The van der Waals surface area contributed by atoms with E-state index in [-0.39, 0.29) is 11.1 Å². The first-order valence-corrected chi connectivity index (χ1v) is 5.56. The molecule has 78 valence electrons. The van der Waals surface area contributed by atoms with Crippen LogP contribution in [0.25, 0.3) is 0 Å². The van der Waals surface area contributed by atoms with Crippen LogP contribution in [0.15, 0.2) is 18.2 Å². The van der Waals surface area contributed by atoms with Gasteiger partial charge < -0.3 is 14.4 Å². The highest BCUT2D eigenvalue weighted by atomic mass is 31.2. The predicted molar refractivity (Wildman–Crippen MR) is 53.2 cm³/mol. The van der Waals surface area contributed by atoms with Crippen molar-refractivity contribution in [1.29, 1.82) is 0 Å². The summed E-state index contributed by atoms with van der Waals surface area (Å²) in [5.41, 5.74) is 5.13. The summed E-state index contributed by atoms with van der Waals surface area (Å²) in [6.07, 6.45) is 0. The van der Waals surface area contributed by atoms with Gasteiger partial charge in [0.25, 0.3) is 7.52 Å². The van der Waals surface area contributed by atoms with Crippen molar-refractivity contribution in [2.75, 3.05) is 14.2 Å². The largest absolute Gasteiger partial charge is 0.493 e. The van der Waals surface area contributed by atoms with Gasteiger partial charge >= 0.3 is 0 Å². The van der Waals surface area contributed by atoms with E-state index in [9.17, 15) is 9.46 Å². The Bertz CT molecular complexity index is 374. The van der Waals surface area contributed by atoms with Crippen LogP contribution in [0.1, 0.15) is 0 Å². The molecule has 1 rings (SSSR count). The first kappa shape index (κ1) is 11.0. The van der Waals surface area contributed by atoms with Crippen LogP contribution in [0.3, 0.4) is 0 Å². The molecule has 0 fully saturated rings. The van der Waals surface area contributed by atoms with Gasteiger partial charge in [-0.3, -0.25) is 10.1 Å². The Labute approximate surface area is 82.0 Å². The van der Waals surface area contributed by atoms with Crippen LogP contribution in [-0.4, -0.2) is 19.1 Å². The van der Waals surface area contributed by atoms with Gasteiger partial charge in [-0.2, -0.15) is 0 Å². The Morgan fingerprint density at radius 3 is 2.43 bits per heavy atom. The lowest BCUT2D eigenvalue weighted by Crippen LogP contribution is -2.14. The molecule has 0 aliphatic carbocycles. The van der Waals surface area contributed by atoms with Crippen LogP contribution in [-0.2, 0) is 4.57 Å². The quantitative estimate of drug-likeness (QED) is 0.719. The summed E-state index contributed by atoms with van der Waals surface area (Å²) in [6.45, 7) is 0. The predicted octanol–water partition coefficient (Wildman–Crippen LogP) is 0.473. The minimum atomic E-state index is -3.82. The smallest absolute Gasteiger partial charge is 0.298 e.